The second kappa shape index (κ2) is 6.84. The minimum absolute atomic E-state index is 0.206. The van der Waals surface area contributed by atoms with Crippen LogP contribution in [-0.2, 0) is 6.54 Å². The molecule has 1 aliphatic rings. The third-order valence-electron chi connectivity index (χ3n) is 3.52. The highest BCUT2D eigenvalue weighted by atomic mass is 19.1. The van der Waals surface area contributed by atoms with Gasteiger partial charge in [0.25, 0.3) is 0 Å². The van der Waals surface area contributed by atoms with E-state index in [1.807, 2.05) is 0 Å². The van der Waals surface area contributed by atoms with Crippen molar-refractivity contribution in [2.75, 3.05) is 46.4 Å². The SMILES string of the molecule is COc1ccc(F)cc1CN1CCN(CCO)CC1. The molecule has 0 atom stereocenters. The average Bonchev–Trinajstić information content (AvgIpc) is 2.42. The molecule has 1 saturated heterocycles. The van der Waals surface area contributed by atoms with Gasteiger partial charge in [-0.3, -0.25) is 9.80 Å². The van der Waals surface area contributed by atoms with Gasteiger partial charge in [0.2, 0.25) is 0 Å². The minimum Gasteiger partial charge on any atom is -0.496 e. The van der Waals surface area contributed by atoms with Gasteiger partial charge in [-0.1, -0.05) is 0 Å². The number of hydrogen-bond acceptors (Lipinski definition) is 4. The number of methoxy groups -OCH3 is 1. The van der Waals surface area contributed by atoms with Gasteiger partial charge < -0.3 is 9.84 Å². The second-order valence-electron chi connectivity index (χ2n) is 4.80. The fourth-order valence-corrected chi connectivity index (χ4v) is 2.42. The highest BCUT2D eigenvalue weighted by molar-refractivity contribution is 5.33. The molecule has 1 aromatic carbocycles. The molecule has 0 saturated carbocycles. The molecule has 1 aromatic rings. The molecule has 5 heteroatoms. The lowest BCUT2D eigenvalue weighted by atomic mass is 10.1. The Bertz CT molecular complexity index is 406. The standard InChI is InChI=1S/C14H21FN2O2/c1-19-14-3-2-13(15)10-12(14)11-17-6-4-16(5-7-17)8-9-18/h2-3,10,18H,4-9,11H2,1H3. The van der Waals surface area contributed by atoms with Crippen molar-refractivity contribution in [2.45, 2.75) is 6.54 Å². The zero-order valence-corrected chi connectivity index (χ0v) is 11.3. The van der Waals surface area contributed by atoms with E-state index in [4.69, 9.17) is 9.84 Å². The molecule has 1 N–H and O–H groups in total. The van der Waals surface area contributed by atoms with E-state index in [2.05, 4.69) is 9.80 Å². The number of nitrogens with zero attached hydrogens (tertiary/aromatic N) is 2. The molecule has 1 heterocycles. The van der Waals surface area contributed by atoms with Crippen molar-refractivity contribution in [3.8, 4) is 5.75 Å². The van der Waals surface area contributed by atoms with Crippen LogP contribution in [0.2, 0.25) is 0 Å². The molecule has 0 amide bonds. The first-order chi connectivity index (χ1) is 9.22. The molecule has 0 aromatic heterocycles. The molecule has 0 bridgehead atoms. The Labute approximate surface area is 113 Å². The number of aliphatic hydroxyl groups excluding tert-OH is 1. The number of halogens is 1. The van der Waals surface area contributed by atoms with E-state index in [1.54, 1.807) is 19.2 Å². The van der Waals surface area contributed by atoms with Crippen molar-refractivity contribution in [2.24, 2.45) is 0 Å². The van der Waals surface area contributed by atoms with Gasteiger partial charge in [-0.15, -0.1) is 0 Å². The predicted molar refractivity (Wildman–Crippen MR) is 71.8 cm³/mol. The molecule has 0 radical (unpaired) electrons. The van der Waals surface area contributed by atoms with Gasteiger partial charge in [-0.25, -0.2) is 4.39 Å². The molecule has 19 heavy (non-hydrogen) atoms. The zero-order chi connectivity index (χ0) is 13.7. The smallest absolute Gasteiger partial charge is 0.123 e. The third-order valence-corrected chi connectivity index (χ3v) is 3.52. The van der Waals surface area contributed by atoms with E-state index in [0.29, 0.717) is 6.54 Å². The number of rotatable bonds is 5. The first-order valence-electron chi connectivity index (χ1n) is 6.61. The molecule has 1 aliphatic heterocycles. The van der Waals surface area contributed by atoms with Crippen LogP contribution in [0.5, 0.6) is 5.75 Å². The summed E-state index contributed by atoms with van der Waals surface area (Å²) in [7, 11) is 1.61. The predicted octanol–water partition coefficient (Wildman–Crippen LogP) is 0.944. The highest BCUT2D eigenvalue weighted by Gasteiger charge is 2.17. The minimum atomic E-state index is -0.227. The van der Waals surface area contributed by atoms with Gasteiger partial charge in [0, 0.05) is 44.8 Å². The van der Waals surface area contributed by atoms with Crippen LogP contribution in [0.4, 0.5) is 4.39 Å². The Morgan fingerprint density at radius 2 is 1.89 bits per heavy atom. The van der Waals surface area contributed by atoms with Crippen LogP contribution < -0.4 is 4.74 Å². The Morgan fingerprint density at radius 3 is 2.53 bits per heavy atom. The second-order valence-corrected chi connectivity index (χ2v) is 4.80. The van der Waals surface area contributed by atoms with Gasteiger partial charge in [0.05, 0.1) is 13.7 Å². The molecular formula is C14H21FN2O2. The van der Waals surface area contributed by atoms with Crippen molar-refractivity contribution in [3.63, 3.8) is 0 Å². The summed E-state index contributed by atoms with van der Waals surface area (Å²) in [6.45, 7) is 5.39. The van der Waals surface area contributed by atoms with E-state index < -0.39 is 0 Å². The van der Waals surface area contributed by atoms with Crippen molar-refractivity contribution >= 4 is 0 Å². The number of hydrogen-bond donors (Lipinski definition) is 1. The van der Waals surface area contributed by atoms with Crippen LogP contribution >= 0.6 is 0 Å². The Kier molecular flexibility index (Phi) is 5.13. The molecule has 0 spiro atoms. The molecule has 0 unspecified atom stereocenters. The van der Waals surface area contributed by atoms with Gasteiger partial charge in [-0.2, -0.15) is 0 Å². The molecule has 0 aliphatic carbocycles. The lowest BCUT2D eigenvalue weighted by Gasteiger charge is -2.34. The molecule has 4 nitrogen and oxygen atoms in total. The largest absolute Gasteiger partial charge is 0.496 e. The van der Waals surface area contributed by atoms with Crippen LogP contribution in [0, 0.1) is 5.82 Å². The summed E-state index contributed by atoms with van der Waals surface area (Å²) in [5, 5.41) is 8.90. The van der Waals surface area contributed by atoms with Crippen LogP contribution in [-0.4, -0.2) is 61.3 Å². The van der Waals surface area contributed by atoms with Crippen molar-refractivity contribution < 1.29 is 14.2 Å². The zero-order valence-electron chi connectivity index (χ0n) is 11.3. The van der Waals surface area contributed by atoms with Crippen molar-refractivity contribution in [1.82, 2.24) is 9.80 Å². The molecule has 106 valence electrons. The Hall–Kier alpha value is -1.17. The summed E-state index contributed by atoms with van der Waals surface area (Å²) in [6.07, 6.45) is 0. The first kappa shape index (κ1) is 14.2. The van der Waals surface area contributed by atoms with Crippen LogP contribution in [0.1, 0.15) is 5.56 Å². The number of benzene rings is 1. The summed E-state index contributed by atoms with van der Waals surface area (Å²) in [5.41, 5.74) is 0.887. The van der Waals surface area contributed by atoms with E-state index in [9.17, 15) is 4.39 Å². The molecule has 2 rings (SSSR count). The van der Waals surface area contributed by atoms with Crippen molar-refractivity contribution in [1.29, 1.82) is 0 Å². The molecule has 1 fully saturated rings. The lowest BCUT2D eigenvalue weighted by Crippen LogP contribution is -2.46. The number of aliphatic hydroxyl groups is 1. The van der Waals surface area contributed by atoms with E-state index in [-0.39, 0.29) is 12.4 Å². The number of piperazine rings is 1. The first-order valence-corrected chi connectivity index (χ1v) is 6.61. The molecular weight excluding hydrogens is 247 g/mol. The topological polar surface area (TPSA) is 35.9 Å². The average molecular weight is 268 g/mol. The number of β-amino-alcohol motifs (C(OH)–C–C–N with tert-alkyl or cyclic N) is 1. The van der Waals surface area contributed by atoms with Crippen LogP contribution in [0.3, 0.4) is 0 Å². The maximum absolute atomic E-state index is 13.3. The third kappa shape index (κ3) is 3.89. The summed E-state index contributed by atoms with van der Waals surface area (Å²) < 4.78 is 18.6. The van der Waals surface area contributed by atoms with Gasteiger partial charge >= 0.3 is 0 Å². The van der Waals surface area contributed by atoms with E-state index in [0.717, 1.165) is 44.0 Å². The Balaban J connectivity index is 1.93. The Morgan fingerprint density at radius 1 is 1.21 bits per heavy atom. The lowest BCUT2D eigenvalue weighted by molar-refractivity contribution is 0.108. The highest BCUT2D eigenvalue weighted by Crippen LogP contribution is 2.21. The van der Waals surface area contributed by atoms with Crippen molar-refractivity contribution in [3.05, 3.63) is 29.6 Å². The summed E-state index contributed by atoms with van der Waals surface area (Å²) >= 11 is 0. The monoisotopic (exact) mass is 268 g/mol. The van der Waals surface area contributed by atoms with Gasteiger partial charge in [0.1, 0.15) is 11.6 Å². The fraction of sp³-hybridized carbons (Fsp3) is 0.571. The summed E-state index contributed by atoms with van der Waals surface area (Å²) in [6, 6.07) is 4.63. The van der Waals surface area contributed by atoms with Gasteiger partial charge in [-0.05, 0) is 18.2 Å². The quantitative estimate of drug-likeness (QED) is 0.862. The van der Waals surface area contributed by atoms with Crippen LogP contribution in [0.25, 0.3) is 0 Å². The van der Waals surface area contributed by atoms with Crippen LogP contribution in [0.15, 0.2) is 18.2 Å². The summed E-state index contributed by atoms with van der Waals surface area (Å²) in [5.74, 6) is 0.508. The van der Waals surface area contributed by atoms with E-state index in [1.165, 1.54) is 6.07 Å². The normalized spacial score (nSPS) is 17.6. The maximum Gasteiger partial charge on any atom is 0.123 e. The number of ether oxygens (including phenoxy) is 1. The van der Waals surface area contributed by atoms with E-state index >= 15 is 0 Å². The summed E-state index contributed by atoms with van der Waals surface area (Å²) in [4.78, 5) is 4.52. The fourth-order valence-electron chi connectivity index (χ4n) is 2.42. The van der Waals surface area contributed by atoms with Gasteiger partial charge in [0.15, 0.2) is 0 Å². The maximum atomic E-state index is 13.3.